The lowest BCUT2D eigenvalue weighted by molar-refractivity contribution is -0.156. The van der Waals surface area contributed by atoms with Crippen LogP contribution in [0.3, 0.4) is 0 Å². The van der Waals surface area contributed by atoms with Crippen LogP contribution in [-0.4, -0.2) is 69.8 Å². The van der Waals surface area contributed by atoms with E-state index in [1.165, 1.54) is 18.0 Å². The smallest absolute Gasteiger partial charge is 0.323 e. The van der Waals surface area contributed by atoms with Crippen LogP contribution < -0.4 is 9.61 Å². The molecule has 6 atom stereocenters. The van der Waals surface area contributed by atoms with Crippen molar-refractivity contribution in [3.05, 3.63) is 66.9 Å². The zero-order chi connectivity index (χ0) is 30.8. The summed E-state index contributed by atoms with van der Waals surface area (Å²) in [6.07, 6.45) is 4.28. The highest BCUT2D eigenvalue weighted by molar-refractivity contribution is 8.09. The van der Waals surface area contributed by atoms with Crippen LogP contribution in [0.1, 0.15) is 52.4 Å². The number of nitrogens with one attached hydrogen (secondary N) is 1. The summed E-state index contributed by atoms with van der Waals surface area (Å²) >= 11 is 5.93. The van der Waals surface area contributed by atoms with Gasteiger partial charge in [-0.15, -0.1) is 0 Å². The standard InChI is InChI=1S/C31H39N2O8PS/c1-20-16-17-33(27(34)18-20)30-31(3,37)28(35)26(40-30)19-38-42(43,32-21(2)29(36)39-23-12-5-4-6-13-23)41-25-15-9-11-22-10-7-8-14-24(22)25/h7-11,14-17,21,23,26,28,30,35,37H,1,4-6,12-13,18-19H2,2-3H3,(H,32,43)/t21?,26-,28-,30-,31-,42?/m1/s1. The van der Waals surface area contributed by atoms with E-state index in [1.807, 2.05) is 36.4 Å². The van der Waals surface area contributed by atoms with Crippen molar-refractivity contribution in [2.24, 2.45) is 0 Å². The lowest BCUT2D eigenvalue weighted by Crippen LogP contribution is -2.53. The fourth-order valence-electron chi connectivity index (χ4n) is 5.61. The van der Waals surface area contributed by atoms with Crippen molar-refractivity contribution >= 4 is 41.1 Å². The van der Waals surface area contributed by atoms with Gasteiger partial charge < -0.3 is 28.7 Å². The number of allylic oxidation sites excluding steroid dienone is 1. The van der Waals surface area contributed by atoms with Gasteiger partial charge in [0.1, 0.15) is 35.7 Å². The molecule has 2 aromatic rings. The Bertz CT molecular complexity index is 1440. The van der Waals surface area contributed by atoms with E-state index in [2.05, 4.69) is 11.7 Å². The van der Waals surface area contributed by atoms with E-state index in [9.17, 15) is 19.8 Å². The Morgan fingerprint density at radius 2 is 1.95 bits per heavy atom. The molecule has 1 saturated heterocycles. The topological polar surface area (TPSA) is 127 Å². The quantitative estimate of drug-likeness (QED) is 0.256. The number of carbonyl (C=O) groups excluding carboxylic acids is 2. The van der Waals surface area contributed by atoms with Crippen molar-refractivity contribution < 1.29 is 38.3 Å². The first-order valence-corrected chi connectivity index (χ1v) is 17.2. The Morgan fingerprint density at radius 1 is 1.23 bits per heavy atom. The highest BCUT2D eigenvalue weighted by atomic mass is 32.5. The van der Waals surface area contributed by atoms with Gasteiger partial charge in [-0.1, -0.05) is 49.4 Å². The molecule has 5 rings (SSSR count). The number of aliphatic hydroxyl groups excluding tert-OH is 1. The van der Waals surface area contributed by atoms with Gasteiger partial charge in [-0.05, 0) is 74.4 Å². The van der Waals surface area contributed by atoms with Gasteiger partial charge in [0.25, 0.3) is 0 Å². The molecule has 0 radical (unpaired) electrons. The number of amides is 1. The predicted molar refractivity (Wildman–Crippen MR) is 165 cm³/mol. The summed E-state index contributed by atoms with van der Waals surface area (Å²) in [4.78, 5) is 27.0. The Labute approximate surface area is 256 Å². The number of ether oxygens (including phenoxy) is 2. The number of aliphatic hydroxyl groups is 2. The van der Waals surface area contributed by atoms with E-state index in [0.717, 1.165) is 42.9 Å². The number of hydrogen-bond acceptors (Lipinski definition) is 9. The second-order valence-corrected chi connectivity index (χ2v) is 14.7. The van der Waals surface area contributed by atoms with E-state index >= 15 is 0 Å². The van der Waals surface area contributed by atoms with Crippen LogP contribution in [0, 0.1) is 0 Å². The monoisotopic (exact) mass is 630 g/mol. The van der Waals surface area contributed by atoms with Gasteiger partial charge in [-0.3, -0.25) is 14.5 Å². The SMILES string of the molecule is C=C1C=CN([C@@H]2O[C@H](COP(=S)(NC(C)C(=O)OC3CCCCC3)Oc3cccc4ccccc34)[C@@H](O)[C@@]2(C)O)C(=O)C1. The largest absolute Gasteiger partial charge is 0.461 e. The molecule has 0 aromatic heterocycles. The molecule has 2 fully saturated rings. The van der Waals surface area contributed by atoms with Crippen LogP contribution in [0.2, 0.25) is 0 Å². The number of fused-ring (bicyclic) bond motifs is 1. The van der Waals surface area contributed by atoms with Crippen molar-refractivity contribution in [1.82, 2.24) is 9.99 Å². The third-order valence-corrected chi connectivity index (χ3v) is 10.5. The van der Waals surface area contributed by atoms with Gasteiger partial charge >= 0.3 is 12.6 Å². The summed E-state index contributed by atoms with van der Waals surface area (Å²) in [6.45, 7) is 3.06. The van der Waals surface area contributed by atoms with Gasteiger partial charge in [-0.2, -0.15) is 0 Å². The summed E-state index contributed by atoms with van der Waals surface area (Å²) in [6, 6.07) is 12.3. The first-order chi connectivity index (χ1) is 20.5. The highest BCUT2D eigenvalue weighted by Gasteiger charge is 2.55. The molecule has 43 heavy (non-hydrogen) atoms. The number of hydrogen-bond donors (Lipinski definition) is 3. The van der Waals surface area contributed by atoms with E-state index in [-0.39, 0.29) is 25.0 Å². The summed E-state index contributed by atoms with van der Waals surface area (Å²) in [7, 11) is 0. The molecule has 2 aliphatic heterocycles. The van der Waals surface area contributed by atoms with Crippen LogP contribution in [0.25, 0.3) is 10.8 Å². The maximum Gasteiger partial charge on any atom is 0.323 e. The molecular formula is C31H39N2O8PS. The number of esters is 1. The average molecular weight is 631 g/mol. The van der Waals surface area contributed by atoms with Crippen molar-refractivity contribution in [2.75, 3.05) is 6.61 Å². The fourth-order valence-corrected chi connectivity index (χ4v) is 8.02. The Kier molecular flexibility index (Phi) is 9.73. The molecule has 3 N–H and O–H groups in total. The number of rotatable bonds is 10. The van der Waals surface area contributed by atoms with Gasteiger partial charge in [-0.25, -0.2) is 5.09 Å². The second-order valence-electron chi connectivity index (χ2n) is 11.6. The van der Waals surface area contributed by atoms with Gasteiger partial charge in [0, 0.05) is 11.6 Å². The maximum atomic E-state index is 13.1. The molecule has 2 unspecified atom stereocenters. The van der Waals surface area contributed by atoms with Crippen LogP contribution >= 0.6 is 6.64 Å². The number of carbonyl (C=O) groups is 2. The van der Waals surface area contributed by atoms with E-state index < -0.39 is 42.7 Å². The van der Waals surface area contributed by atoms with Crippen molar-refractivity contribution in [1.29, 1.82) is 0 Å². The molecule has 1 aliphatic carbocycles. The van der Waals surface area contributed by atoms with Crippen LogP contribution in [0.4, 0.5) is 0 Å². The minimum Gasteiger partial charge on any atom is -0.461 e. The normalized spacial score (nSPS) is 28.6. The van der Waals surface area contributed by atoms with Crippen LogP contribution in [-0.2, 0) is 35.4 Å². The number of nitrogens with zero attached hydrogens (tertiary/aromatic N) is 1. The zero-order valence-electron chi connectivity index (χ0n) is 24.4. The third-order valence-electron chi connectivity index (χ3n) is 8.06. The van der Waals surface area contributed by atoms with Gasteiger partial charge in [0.15, 0.2) is 6.23 Å². The lowest BCUT2D eigenvalue weighted by Gasteiger charge is -2.35. The molecule has 1 saturated carbocycles. The van der Waals surface area contributed by atoms with Crippen molar-refractivity contribution in [3.63, 3.8) is 0 Å². The second kappa shape index (κ2) is 13.2. The first kappa shape index (κ1) is 31.8. The maximum absolute atomic E-state index is 13.1. The first-order valence-electron chi connectivity index (χ1n) is 14.6. The highest BCUT2D eigenvalue weighted by Crippen LogP contribution is 2.48. The summed E-state index contributed by atoms with van der Waals surface area (Å²) in [5.41, 5.74) is -1.18. The van der Waals surface area contributed by atoms with Crippen LogP contribution in [0.5, 0.6) is 5.75 Å². The Hall–Kier alpha value is -2.63. The lowest BCUT2D eigenvalue weighted by atomic mass is 9.95. The molecule has 10 nitrogen and oxygen atoms in total. The average Bonchev–Trinajstić information content (AvgIpc) is 3.20. The van der Waals surface area contributed by atoms with Crippen molar-refractivity contribution in [2.45, 2.75) is 88.6 Å². The molecule has 12 heteroatoms. The molecule has 0 bridgehead atoms. The van der Waals surface area contributed by atoms with Crippen molar-refractivity contribution in [3.8, 4) is 5.75 Å². The third kappa shape index (κ3) is 7.20. The molecule has 232 valence electrons. The van der Waals surface area contributed by atoms with E-state index in [4.69, 9.17) is 30.3 Å². The molecule has 2 aromatic carbocycles. The minimum absolute atomic E-state index is 0.0716. The summed E-state index contributed by atoms with van der Waals surface area (Å²) < 4.78 is 24.3. The van der Waals surface area contributed by atoms with Gasteiger partial charge in [0.05, 0.1) is 13.0 Å². The Morgan fingerprint density at radius 3 is 2.70 bits per heavy atom. The minimum atomic E-state index is -3.50. The molecular weight excluding hydrogens is 591 g/mol. The molecule has 1 amide bonds. The van der Waals surface area contributed by atoms with E-state index in [0.29, 0.717) is 11.3 Å². The van der Waals surface area contributed by atoms with Crippen LogP contribution in [0.15, 0.2) is 66.9 Å². The zero-order valence-corrected chi connectivity index (χ0v) is 26.1. The van der Waals surface area contributed by atoms with E-state index in [1.54, 1.807) is 19.1 Å². The fraction of sp³-hybridized carbons (Fsp3) is 0.484. The predicted octanol–water partition coefficient (Wildman–Crippen LogP) is 4.45. The molecule has 0 spiro atoms. The molecule has 3 aliphatic rings. The Balaban J connectivity index is 1.35. The number of benzene rings is 2. The van der Waals surface area contributed by atoms with Gasteiger partial charge in [0.2, 0.25) is 5.91 Å². The summed E-state index contributed by atoms with van der Waals surface area (Å²) in [5.74, 6) is -0.310. The molecule has 2 heterocycles. The summed E-state index contributed by atoms with van der Waals surface area (Å²) in [5, 5.41) is 27.0.